The molecule has 3 heteroatoms. The summed E-state index contributed by atoms with van der Waals surface area (Å²) in [6.45, 7) is 4.89. The summed E-state index contributed by atoms with van der Waals surface area (Å²) in [4.78, 5) is 2.70. The van der Waals surface area contributed by atoms with Gasteiger partial charge in [0, 0.05) is 6.54 Å². The molecule has 1 saturated heterocycles. The Hall–Kier alpha value is 0.210. The molecule has 0 bridgehead atoms. The van der Waals surface area contributed by atoms with Crippen LogP contribution in [0.1, 0.15) is 51.4 Å². The Morgan fingerprint density at radius 1 is 0.941 bits per heavy atom. The van der Waals surface area contributed by atoms with Crippen LogP contribution in [0.15, 0.2) is 0 Å². The van der Waals surface area contributed by atoms with Gasteiger partial charge in [-0.3, -0.25) is 0 Å². The number of likely N-dealkylation sites (tertiary alicyclic amines) is 1. The van der Waals surface area contributed by atoms with Gasteiger partial charge in [0.15, 0.2) is 0 Å². The topological polar surface area (TPSA) is 29.3 Å². The predicted molar refractivity (Wildman–Crippen MR) is 76.7 cm³/mol. The molecule has 0 amide bonds. The predicted octanol–water partition coefficient (Wildman–Crippen LogP) is 3.05. The first-order chi connectivity index (χ1) is 7.88. The van der Waals surface area contributed by atoms with Gasteiger partial charge in [-0.25, -0.2) is 0 Å². The number of hydrogen-bond acceptors (Lipinski definition) is 2. The minimum Gasteiger partial charge on any atom is -0.330 e. The molecule has 1 saturated carbocycles. The van der Waals surface area contributed by atoms with E-state index >= 15 is 0 Å². The van der Waals surface area contributed by atoms with Gasteiger partial charge >= 0.3 is 0 Å². The van der Waals surface area contributed by atoms with Gasteiger partial charge in [-0.2, -0.15) is 0 Å². The Labute approximate surface area is 113 Å². The quantitative estimate of drug-likeness (QED) is 0.823. The minimum absolute atomic E-state index is 0. The molecule has 0 spiro atoms. The molecule has 2 rings (SSSR count). The van der Waals surface area contributed by atoms with Crippen LogP contribution in [0.3, 0.4) is 0 Å². The van der Waals surface area contributed by atoms with Crippen LogP contribution in [0.25, 0.3) is 0 Å². The number of hydrogen-bond donors (Lipinski definition) is 1. The molecule has 0 aromatic rings. The van der Waals surface area contributed by atoms with Crippen molar-refractivity contribution in [3.05, 3.63) is 0 Å². The lowest BCUT2D eigenvalue weighted by Gasteiger charge is -2.33. The van der Waals surface area contributed by atoms with Gasteiger partial charge in [0.2, 0.25) is 0 Å². The van der Waals surface area contributed by atoms with E-state index < -0.39 is 0 Å². The van der Waals surface area contributed by atoms with Crippen molar-refractivity contribution in [2.75, 3.05) is 26.2 Å². The fraction of sp³-hybridized carbons (Fsp3) is 1.00. The van der Waals surface area contributed by atoms with E-state index in [1.165, 1.54) is 71.0 Å². The first-order valence-electron chi connectivity index (χ1n) is 7.31. The maximum absolute atomic E-state index is 5.66. The van der Waals surface area contributed by atoms with Crippen molar-refractivity contribution < 1.29 is 0 Å². The lowest BCUT2D eigenvalue weighted by molar-refractivity contribution is 0.161. The third-order valence-corrected chi connectivity index (χ3v) is 4.51. The minimum atomic E-state index is 0. The molecule has 1 unspecified atom stereocenters. The van der Waals surface area contributed by atoms with Crippen molar-refractivity contribution >= 4 is 12.4 Å². The second-order valence-corrected chi connectivity index (χ2v) is 5.83. The molecule has 1 aliphatic carbocycles. The first kappa shape index (κ1) is 15.3. The molecule has 1 aliphatic heterocycles. The fourth-order valence-electron chi connectivity index (χ4n) is 3.49. The summed E-state index contributed by atoms with van der Waals surface area (Å²) in [7, 11) is 0. The molecule has 2 nitrogen and oxygen atoms in total. The lowest BCUT2D eigenvalue weighted by atomic mass is 9.94. The summed E-state index contributed by atoms with van der Waals surface area (Å²) >= 11 is 0. The summed E-state index contributed by atoms with van der Waals surface area (Å²) in [6, 6.07) is 0. The molecule has 0 aromatic heterocycles. The van der Waals surface area contributed by atoms with Crippen molar-refractivity contribution in [2.24, 2.45) is 17.6 Å². The van der Waals surface area contributed by atoms with Gasteiger partial charge in [-0.1, -0.05) is 25.7 Å². The van der Waals surface area contributed by atoms with E-state index in [-0.39, 0.29) is 12.4 Å². The van der Waals surface area contributed by atoms with E-state index in [9.17, 15) is 0 Å². The molecule has 0 radical (unpaired) electrons. The fourth-order valence-corrected chi connectivity index (χ4v) is 3.49. The highest BCUT2D eigenvalue weighted by atomic mass is 35.5. The van der Waals surface area contributed by atoms with Crippen LogP contribution in [0.4, 0.5) is 0 Å². The van der Waals surface area contributed by atoms with Crippen LogP contribution < -0.4 is 5.73 Å². The molecule has 2 fully saturated rings. The molecular formula is C14H29ClN2. The van der Waals surface area contributed by atoms with Crippen molar-refractivity contribution in [3.8, 4) is 0 Å². The maximum atomic E-state index is 5.66. The molecule has 17 heavy (non-hydrogen) atoms. The summed E-state index contributed by atoms with van der Waals surface area (Å²) < 4.78 is 0. The van der Waals surface area contributed by atoms with Crippen LogP contribution in [-0.2, 0) is 0 Å². The largest absolute Gasteiger partial charge is 0.330 e. The average Bonchev–Trinajstić information content (AvgIpc) is 2.80. The summed E-state index contributed by atoms with van der Waals surface area (Å²) in [5.74, 6) is 1.94. The monoisotopic (exact) mass is 260 g/mol. The first-order valence-corrected chi connectivity index (χ1v) is 7.31. The van der Waals surface area contributed by atoms with Gasteiger partial charge in [0.1, 0.15) is 0 Å². The lowest BCUT2D eigenvalue weighted by Crippen LogP contribution is -2.37. The van der Waals surface area contributed by atoms with Crippen molar-refractivity contribution in [1.29, 1.82) is 0 Å². The van der Waals surface area contributed by atoms with Crippen LogP contribution in [0.2, 0.25) is 0 Å². The molecular weight excluding hydrogens is 232 g/mol. The zero-order valence-corrected chi connectivity index (χ0v) is 11.9. The number of nitrogens with zero attached hydrogens (tertiary/aromatic N) is 1. The molecule has 2 aliphatic rings. The third kappa shape index (κ3) is 5.15. The van der Waals surface area contributed by atoms with Crippen LogP contribution in [0.5, 0.6) is 0 Å². The zero-order valence-electron chi connectivity index (χ0n) is 11.1. The Morgan fingerprint density at radius 3 is 2.35 bits per heavy atom. The number of halogens is 1. The SMILES string of the molecule is Cl.NCCC1CCCN(CCC2CCCC2)C1. The van der Waals surface area contributed by atoms with Gasteiger partial charge in [0.05, 0.1) is 0 Å². The summed E-state index contributed by atoms with van der Waals surface area (Å²) in [5, 5.41) is 0. The average molecular weight is 261 g/mol. The van der Waals surface area contributed by atoms with E-state index in [4.69, 9.17) is 5.73 Å². The van der Waals surface area contributed by atoms with E-state index in [0.29, 0.717) is 0 Å². The second-order valence-electron chi connectivity index (χ2n) is 5.83. The normalized spacial score (nSPS) is 27.0. The Morgan fingerprint density at radius 2 is 1.65 bits per heavy atom. The molecule has 0 aromatic carbocycles. The van der Waals surface area contributed by atoms with Gasteiger partial charge in [-0.15, -0.1) is 12.4 Å². The van der Waals surface area contributed by atoms with Crippen molar-refractivity contribution in [2.45, 2.75) is 51.4 Å². The van der Waals surface area contributed by atoms with Crippen LogP contribution >= 0.6 is 12.4 Å². The zero-order chi connectivity index (χ0) is 11.2. The molecule has 1 heterocycles. The Kier molecular flexibility index (Phi) is 7.49. The summed E-state index contributed by atoms with van der Waals surface area (Å²) in [6.07, 6.45) is 11.5. The summed E-state index contributed by atoms with van der Waals surface area (Å²) in [5.41, 5.74) is 5.66. The van der Waals surface area contributed by atoms with Gasteiger partial charge < -0.3 is 10.6 Å². The van der Waals surface area contributed by atoms with E-state index in [1.54, 1.807) is 0 Å². The highest BCUT2D eigenvalue weighted by Crippen LogP contribution is 2.28. The van der Waals surface area contributed by atoms with Crippen LogP contribution in [0, 0.1) is 11.8 Å². The highest BCUT2D eigenvalue weighted by molar-refractivity contribution is 5.85. The highest BCUT2D eigenvalue weighted by Gasteiger charge is 2.21. The third-order valence-electron chi connectivity index (χ3n) is 4.51. The van der Waals surface area contributed by atoms with Crippen molar-refractivity contribution in [1.82, 2.24) is 4.90 Å². The number of piperidine rings is 1. The molecule has 2 N–H and O–H groups in total. The number of rotatable bonds is 5. The Bertz CT molecular complexity index is 191. The van der Waals surface area contributed by atoms with E-state index in [1.807, 2.05) is 0 Å². The maximum Gasteiger partial charge on any atom is 0.00101 e. The molecule has 102 valence electrons. The smallest absolute Gasteiger partial charge is 0.00101 e. The van der Waals surface area contributed by atoms with Crippen molar-refractivity contribution in [3.63, 3.8) is 0 Å². The molecule has 1 atom stereocenters. The number of nitrogens with two attached hydrogens (primary N) is 1. The standard InChI is InChI=1S/C14H28N2.ClH/c15-9-7-14-6-3-10-16(12-14)11-8-13-4-1-2-5-13;/h13-14H,1-12,15H2;1H. The van der Waals surface area contributed by atoms with Gasteiger partial charge in [-0.05, 0) is 57.2 Å². The van der Waals surface area contributed by atoms with E-state index in [2.05, 4.69) is 4.90 Å². The Balaban J connectivity index is 0.00000144. The van der Waals surface area contributed by atoms with Gasteiger partial charge in [0.25, 0.3) is 0 Å². The van der Waals surface area contributed by atoms with E-state index in [0.717, 1.165) is 18.4 Å². The second kappa shape index (κ2) is 8.34. The van der Waals surface area contributed by atoms with Crippen LogP contribution in [-0.4, -0.2) is 31.1 Å².